The molecule has 0 bridgehead atoms. The molecule has 0 unspecified atom stereocenters. The third kappa shape index (κ3) is 3.89. The summed E-state index contributed by atoms with van der Waals surface area (Å²) in [6.07, 6.45) is 6.33. The van der Waals surface area contributed by atoms with E-state index in [1.807, 2.05) is 24.3 Å². The molecule has 1 fully saturated rings. The highest BCUT2D eigenvalue weighted by atomic mass is 16.5. The maximum Gasteiger partial charge on any atom is 0.151 e. The molecule has 1 aromatic heterocycles. The van der Waals surface area contributed by atoms with Crippen LogP contribution in [-0.4, -0.2) is 28.9 Å². The zero-order chi connectivity index (χ0) is 22.1. The fourth-order valence-electron chi connectivity index (χ4n) is 4.72. The number of rotatable bonds is 3. The summed E-state index contributed by atoms with van der Waals surface area (Å²) in [6.45, 7) is 1.78. The molecule has 4 nitrogen and oxygen atoms in total. The van der Waals surface area contributed by atoms with Crippen molar-refractivity contribution >= 4 is 11.9 Å². The summed E-state index contributed by atoms with van der Waals surface area (Å²) in [5.74, 6) is 1.90. The zero-order valence-corrected chi connectivity index (χ0v) is 18.4. The van der Waals surface area contributed by atoms with Gasteiger partial charge in [0.15, 0.2) is 5.82 Å². The smallest absolute Gasteiger partial charge is 0.151 e. The molecule has 0 amide bonds. The fourth-order valence-corrected chi connectivity index (χ4v) is 4.72. The van der Waals surface area contributed by atoms with Crippen LogP contribution in [0, 0.1) is 0 Å². The molecule has 0 atom stereocenters. The van der Waals surface area contributed by atoms with Gasteiger partial charge in [-0.05, 0) is 41.5 Å². The van der Waals surface area contributed by atoms with Crippen LogP contribution < -0.4 is 9.64 Å². The SMILES string of the molecule is C1=CC2(CCN(c3ccc(-c4ccccc4)nn3)CC2)Oc2ccc(-c3ccccc3)cc21. The number of benzene rings is 3. The molecule has 1 saturated heterocycles. The first-order chi connectivity index (χ1) is 16.3. The number of anilines is 1. The maximum absolute atomic E-state index is 6.56. The second kappa shape index (κ2) is 8.21. The van der Waals surface area contributed by atoms with Gasteiger partial charge >= 0.3 is 0 Å². The van der Waals surface area contributed by atoms with E-state index in [0.29, 0.717) is 0 Å². The highest BCUT2D eigenvalue weighted by Crippen LogP contribution is 2.39. The highest BCUT2D eigenvalue weighted by Gasteiger charge is 2.37. The van der Waals surface area contributed by atoms with Crippen molar-refractivity contribution in [2.75, 3.05) is 18.0 Å². The Labute approximate surface area is 194 Å². The van der Waals surface area contributed by atoms with E-state index in [1.54, 1.807) is 0 Å². The van der Waals surface area contributed by atoms with E-state index >= 15 is 0 Å². The van der Waals surface area contributed by atoms with Gasteiger partial charge in [-0.2, -0.15) is 0 Å². The van der Waals surface area contributed by atoms with Gasteiger partial charge in [-0.15, -0.1) is 10.2 Å². The minimum Gasteiger partial charge on any atom is -0.482 e. The molecule has 2 aliphatic heterocycles. The van der Waals surface area contributed by atoms with Crippen LogP contribution in [0.3, 0.4) is 0 Å². The lowest BCUT2D eigenvalue weighted by atomic mass is 9.87. The van der Waals surface area contributed by atoms with Gasteiger partial charge in [-0.1, -0.05) is 72.8 Å². The zero-order valence-electron chi connectivity index (χ0n) is 18.4. The molecular formula is C29H25N3O. The van der Waals surface area contributed by atoms with E-state index in [2.05, 4.69) is 94.0 Å². The van der Waals surface area contributed by atoms with Gasteiger partial charge in [0.25, 0.3) is 0 Å². The number of ether oxygens (including phenoxy) is 1. The minimum absolute atomic E-state index is 0.241. The number of nitrogens with zero attached hydrogens (tertiary/aromatic N) is 3. The van der Waals surface area contributed by atoms with E-state index in [4.69, 9.17) is 4.74 Å². The molecule has 33 heavy (non-hydrogen) atoms. The third-order valence-electron chi connectivity index (χ3n) is 6.65. The molecule has 2 aliphatic rings. The summed E-state index contributed by atoms with van der Waals surface area (Å²) in [6, 6.07) is 31.3. The number of aromatic nitrogens is 2. The Bertz CT molecular complexity index is 1280. The lowest BCUT2D eigenvalue weighted by molar-refractivity contribution is 0.0891. The van der Waals surface area contributed by atoms with Gasteiger partial charge in [0, 0.05) is 37.1 Å². The number of hydrogen-bond acceptors (Lipinski definition) is 4. The minimum atomic E-state index is -0.241. The average molecular weight is 432 g/mol. The van der Waals surface area contributed by atoms with Crippen molar-refractivity contribution < 1.29 is 4.74 Å². The second-order valence-electron chi connectivity index (χ2n) is 8.75. The number of fused-ring (bicyclic) bond motifs is 1. The van der Waals surface area contributed by atoms with Gasteiger partial charge in [0.2, 0.25) is 0 Å². The van der Waals surface area contributed by atoms with E-state index in [9.17, 15) is 0 Å². The fraction of sp³-hybridized carbons (Fsp3) is 0.172. The highest BCUT2D eigenvalue weighted by molar-refractivity contribution is 5.72. The summed E-state index contributed by atoms with van der Waals surface area (Å²) < 4.78 is 6.56. The molecule has 1 spiro atoms. The standard InChI is InChI=1S/C29H25N3O/c1-3-7-22(8-4-1)24-11-13-27-25(21-24)15-16-29(33-27)17-19-32(20-18-29)28-14-12-26(30-31-28)23-9-5-2-6-10-23/h1-16,21H,17-20H2. The number of hydrogen-bond donors (Lipinski definition) is 0. The molecule has 6 rings (SSSR count). The predicted molar refractivity (Wildman–Crippen MR) is 133 cm³/mol. The van der Waals surface area contributed by atoms with Crippen LogP contribution in [0.5, 0.6) is 5.75 Å². The Morgan fingerprint density at radius 2 is 1.42 bits per heavy atom. The van der Waals surface area contributed by atoms with Gasteiger partial charge < -0.3 is 9.64 Å². The van der Waals surface area contributed by atoms with Crippen LogP contribution in [-0.2, 0) is 0 Å². The van der Waals surface area contributed by atoms with E-state index in [-0.39, 0.29) is 5.60 Å². The lowest BCUT2D eigenvalue weighted by Gasteiger charge is -2.42. The monoisotopic (exact) mass is 431 g/mol. The average Bonchev–Trinajstić information content (AvgIpc) is 2.90. The molecule has 0 N–H and O–H groups in total. The van der Waals surface area contributed by atoms with Crippen molar-refractivity contribution in [3.63, 3.8) is 0 Å². The van der Waals surface area contributed by atoms with Gasteiger partial charge in [0.05, 0.1) is 5.69 Å². The Balaban J connectivity index is 1.15. The van der Waals surface area contributed by atoms with Crippen molar-refractivity contribution in [3.8, 4) is 28.1 Å². The summed E-state index contributed by atoms with van der Waals surface area (Å²) >= 11 is 0. The topological polar surface area (TPSA) is 38.2 Å². The van der Waals surface area contributed by atoms with Crippen LogP contribution in [0.2, 0.25) is 0 Å². The van der Waals surface area contributed by atoms with Crippen LogP contribution in [0.25, 0.3) is 28.5 Å². The first kappa shape index (κ1) is 19.7. The molecule has 0 aliphatic carbocycles. The van der Waals surface area contributed by atoms with Crippen molar-refractivity contribution in [1.82, 2.24) is 10.2 Å². The first-order valence-electron chi connectivity index (χ1n) is 11.5. The van der Waals surface area contributed by atoms with Gasteiger partial charge in [-0.25, -0.2) is 0 Å². The Morgan fingerprint density at radius 1 is 0.697 bits per heavy atom. The lowest BCUT2D eigenvalue weighted by Crippen LogP contribution is -2.48. The second-order valence-corrected chi connectivity index (χ2v) is 8.75. The Kier molecular flexibility index (Phi) is 4.91. The molecule has 162 valence electrons. The summed E-state index contributed by atoms with van der Waals surface area (Å²) in [4.78, 5) is 2.30. The largest absolute Gasteiger partial charge is 0.482 e. The van der Waals surface area contributed by atoms with Crippen LogP contribution in [0.4, 0.5) is 5.82 Å². The first-order valence-corrected chi connectivity index (χ1v) is 11.5. The van der Waals surface area contributed by atoms with E-state index in [0.717, 1.165) is 54.3 Å². The van der Waals surface area contributed by atoms with Crippen LogP contribution in [0.15, 0.2) is 97.1 Å². The van der Waals surface area contributed by atoms with Crippen molar-refractivity contribution in [2.45, 2.75) is 18.4 Å². The summed E-state index contributed by atoms with van der Waals surface area (Å²) in [5, 5.41) is 8.96. The summed E-state index contributed by atoms with van der Waals surface area (Å²) in [5.41, 5.74) is 5.33. The summed E-state index contributed by atoms with van der Waals surface area (Å²) in [7, 11) is 0. The molecule has 4 heteroatoms. The third-order valence-corrected chi connectivity index (χ3v) is 6.65. The molecule has 4 aromatic rings. The molecular weight excluding hydrogens is 406 g/mol. The van der Waals surface area contributed by atoms with Crippen LogP contribution in [0.1, 0.15) is 18.4 Å². The molecule has 3 aromatic carbocycles. The predicted octanol–water partition coefficient (Wildman–Crippen LogP) is 6.26. The van der Waals surface area contributed by atoms with E-state index < -0.39 is 0 Å². The number of piperidine rings is 1. The normalized spacial score (nSPS) is 16.3. The molecule has 0 saturated carbocycles. The Hall–Kier alpha value is -3.92. The van der Waals surface area contributed by atoms with Crippen LogP contribution >= 0.6 is 0 Å². The van der Waals surface area contributed by atoms with Crippen molar-refractivity contribution in [1.29, 1.82) is 0 Å². The maximum atomic E-state index is 6.56. The van der Waals surface area contributed by atoms with E-state index in [1.165, 1.54) is 11.1 Å². The quantitative estimate of drug-likeness (QED) is 0.384. The Morgan fingerprint density at radius 3 is 2.12 bits per heavy atom. The molecule has 0 radical (unpaired) electrons. The van der Waals surface area contributed by atoms with Gasteiger partial charge in [0.1, 0.15) is 11.4 Å². The molecule has 3 heterocycles. The van der Waals surface area contributed by atoms with Crippen molar-refractivity contribution in [2.24, 2.45) is 0 Å². The van der Waals surface area contributed by atoms with Gasteiger partial charge in [-0.3, -0.25) is 0 Å². The van der Waals surface area contributed by atoms with Crippen molar-refractivity contribution in [3.05, 3.63) is 103 Å².